The Hall–Kier alpha value is -3.08. The second kappa shape index (κ2) is 7.39. The number of anilines is 1. The summed E-state index contributed by atoms with van der Waals surface area (Å²) in [5.41, 5.74) is 1.70. The van der Waals surface area contributed by atoms with Gasteiger partial charge in [-0.1, -0.05) is 18.6 Å². The van der Waals surface area contributed by atoms with Crippen LogP contribution in [0, 0.1) is 17.2 Å². The van der Waals surface area contributed by atoms with E-state index in [0.29, 0.717) is 23.8 Å². The van der Waals surface area contributed by atoms with Gasteiger partial charge in [0.15, 0.2) is 5.82 Å². The standard InChI is InChI=1S/C21H20F3N5/c1-13(15-3-2-4-15)27-20-19-18(9-17(10-25)28-20)26-12-29(19)11-14-5-7-16(8-6-14)21(22,23)24/h5-9,12-13,15H,2-4,11H2,1H3,(H,27,28). The van der Waals surface area contributed by atoms with Crippen molar-refractivity contribution in [3.63, 3.8) is 0 Å². The van der Waals surface area contributed by atoms with Gasteiger partial charge in [0.05, 0.1) is 17.4 Å². The highest BCUT2D eigenvalue weighted by Gasteiger charge is 2.30. The zero-order chi connectivity index (χ0) is 20.6. The number of fused-ring (bicyclic) bond motifs is 1. The van der Waals surface area contributed by atoms with Gasteiger partial charge in [-0.2, -0.15) is 18.4 Å². The first kappa shape index (κ1) is 19.2. The van der Waals surface area contributed by atoms with Gasteiger partial charge in [0, 0.05) is 18.7 Å². The van der Waals surface area contributed by atoms with Gasteiger partial charge in [-0.15, -0.1) is 0 Å². The number of imidazole rings is 1. The van der Waals surface area contributed by atoms with Crippen LogP contribution >= 0.6 is 0 Å². The molecule has 2 aromatic heterocycles. The SMILES string of the molecule is CC(Nc1nc(C#N)cc2ncn(Cc3ccc(C(F)(F)F)cc3)c12)C1CCC1. The smallest absolute Gasteiger partial charge is 0.365 e. The summed E-state index contributed by atoms with van der Waals surface area (Å²) in [4.78, 5) is 8.82. The van der Waals surface area contributed by atoms with Gasteiger partial charge in [0.25, 0.3) is 0 Å². The van der Waals surface area contributed by atoms with Crippen LogP contribution in [-0.2, 0) is 12.7 Å². The Balaban J connectivity index is 1.66. The molecule has 1 aliphatic carbocycles. The number of hydrogen-bond donors (Lipinski definition) is 1. The molecule has 1 fully saturated rings. The molecule has 150 valence electrons. The molecule has 1 aliphatic rings. The number of pyridine rings is 1. The third-order valence-electron chi connectivity index (χ3n) is 5.57. The number of nitrogens with one attached hydrogen (secondary N) is 1. The first-order valence-corrected chi connectivity index (χ1v) is 9.54. The molecular formula is C21H20F3N5. The summed E-state index contributed by atoms with van der Waals surface area (Å²) < 4.78 is 40.2. The maximum atomic E-state index is 12.8. The lowest BCUT2D eigenvalue weighted by Gasteiger charge is -2.32. The van der Waals surface area contributed by atoms with Gasteiger partial charge in [0.2, 0.25) is 0 Å². The number of halogens is 3. The van der Waals surface area contributed by atoms with Crippen molar-refractivity contribution in [2.75, 3.05) is 5.32 Å². The first-order valence-electron chi connectivity index (χ1n) is 9.54. The molecule has 0 amide bonds. The lowest BCUT2D eigenvalue weighted by molar-refractivity contribution is -0.137. The molecule has 2 heterocycles. The number of hydrogen-bond acceptors (Lipinski definition) is 4. The van der Waals surface area contributed by atoms with Crippen LogP contribution < -0.4 is 5.32 Å². The fourth-order valence-corrected chi connectivity index (χ4v) is 3.64. The zero-order valence-corrected chi connectivity index (χ0v) is 15.9. The van der Waals surface area contributed by atoms with E-state index in [1.165, 1.54) is 31.4 Å². The molecular weight excluding hydrogens is 379 g/mol. The third kappa shape index (κ3) is 3.90. The maximum absolute atomic E-state index is 12.8. The highest BCUT2D eigenvalue weighted by Crippen LogP contribution is 2.33. The maximum Gasteiger partial charge on any atom is 0.416 e. The predicted octanol–water partition coefficient (Wildman–Crippen LogP) is 4.97. The number of nitrogens with zero attached hydrogens (tertiary/aromatic N) is 4. The van der Waals surface area contributed by atoms with E-state index < -0.39 is 11.7 Å². The summed E-state index contributed by atoms with van der Waals surface area (Å²) in [5, 5.41) is 12.7. The van der Waals surface area contributed by atoms with Crippen molar-refractivity contribution in [1.29, 1.82) is 5.26 Å². The Labute approximate surface area is 166 Å². The molecule has 0 saturated heterocycles. The van der Waals surface area contributed by atoms with Crippen LogP contribution in [0.4, 0.5) is 19.0 Å². The zero-order valence-electron chi connectivity index (χ0n) is 15.9. The molecule has 0 aliphatic heterocycles. The van der Waals surface area contributed by atoms with E-state index >= 15 is 0 Å². The molecule has 0 spiro atoms. The van der Waals surface area contributed by atoms with Crippen LogP contribution in [0.2, 0.25) is 0 Å². The minimum absolute atomic E-state index is 0.211. The molecule has 0 bridgehead atoms. The van der Waals surface area contributed by atoms with Crippen molar-refractivity contribution in [2.24, 2.45) is 5.92 Å². The molecule has 1 atom stereocenters. The monoisotopic (exact) mass is 399 g/mol. The largest absolute Gasteiger partial charge is 0.416 e. The highest BCUT2D eigenvalue weighted by atomic mass is 19.4. The molecule has 5 nitrogen and oxygen atoms in total. The van der Waals surface area contributed by atoms with Gasteiger partial charge in [-0.25, -0.2) is 9.97 Å². The van der Waals surface area contributed by atoms with Crippen molar-refractivity contribution in [1.82, 2.24) is 14.5 Å². The van der Waals surface area contributed by atoms with Crippen molar-refractivity contribution >= 4 is 16.9 Å². The summed E-state index contributed by atoms with van der Waals surface area (Å²) in [6.07, 6.45) is 0.834. The second-order valence-electron chi connectivity index (χ2n) is 7.53. The number of rotatable bonds is 5. The first-order chi connectivity index (χ1) is 13.8. The van der Waals surface area contributed by atoms with Crippen LogP contribution in [0.3, 0.4) is 0 Å². The van der Waals surface area contributed by atoms with Gasteiger partial charge >= 0.3 is 6.18 Å². The fraction of sp³-hybridized carbons (Fsp3) is 0.381. The van der Waals surface area contributed by atoms with Gasteiger partial charge < -0.3 is 9.88 Å². The summed E-state index contributed by atoms with van der Waals surface area (Å²) in [7, 11) is 0. The Bertz CT molecular complexity index is 1060. The van der Waals surface area contributed by atoms with Crippen molar-refractivity contribution in [3.8, 4) is 6.07 Å². The van der Waals surface area contributed by atoms with E-state index in [-0.39, 0.29) is 11.7 Å². The van der Waals surface area contributed by atoms with E-state index in [1.54, 1.807) is 12.4 Å². The fourth-order valence-electron chi connectivity index (χ4n) is 3.64. The number of nitriles is 1. The second-order valence-corrected chi connectivity index (χ2v) is 7.53. The van der Waals surface area contributed by atoms with Crippen LogP contribution in [-0.4, -0.2) is 20.6 Å². The Morgan fingerprint density at radius 2 is 2.00 bits per heavy atom. The molecule has 8 heteroatoms. The normalized spacial score (nSPS) is 15.7. The molecule has 3 aromatic rings. The number of aromatic nitrogens is 3. The molecule has 1 unspecified atom stereocenters. The average molecular weight is 399 g/mol. The molecule has 1 saturated carbocycles. The van der Waals surface area contributed by atoms with E-state index in [4.69, 9.17) is 0 Å². The third-order valence-corrected chi connectivity index (χ3v) is 5.57. The Kier molecular flexibility index (Phi) is 4.91. The lowest BCUT2D eigenvalue weighted by atomic mass is 9.80. The van der Waals surface area contributed by atoms with Crippen LogP contribution in [0.15, 0.2) is 36.7 Å². The topological polar surface area (TPSA) is 66.5 Å². The summed E-state index contributed by atoms with van der Waals surface area (Å²) in [5.74, 6) is 1.16. The highest BCUT2D eigenvalue weighted by molar-refractivity contribution is 5.87. The quantitative estimate of drug-likeness (QED) is 0.658. The number of benzene rings is 1. The predicted molar refractivity (Wildman–Crippen MR) is 103 cm³/mol. The average Bonchev–Trinajstić information content (AvgIpc) is 3.02. The summed E-state index contributed by atoms with van der Waals surface area (Å²) >= 11 is 0. The minimum Gasteiger partial charge on any atom is -0.365 e. The molecule has 1 aromatic carbocycles. The number of alkyl halides is 3. The molecule has 29 heavy (non-hydrogen) atoms. The molecule has 4 rings (SSSR count). The van der Waals surface area contributed by atoms with E-state index in [0.717, 1.165) is 23.2 Å². The van der Waals surface area contributed by atoms with E-state index in [1.807, 2.05) is 4.57 Å². The van der Waals surface area contributed by atoms with E-state index in [9.17, 15) is 18.4 Å². The Morgan fingerprint density at radius 1 is 1.28 bits per heavy atom. The minimum atomic E-state index is -4.35. The van der Waals surface area contributed by atoms with Crippen molar-refractivity contribution in [3.05, 3.63) is 53.5 Å². The molecule has 1 N–H and O–H groups in total. The van der Waals surface area contributed by atoms with Gasteiger partial charge in [-0.05, 0) is 43.4 Å². The van der Waals surface area contributed by atoms with Crippen LogP contribution in [0.5, 0.6) is 0 Å². The summed E-state index contributed by atoms with van der Waals surface area (Å²) in [6.45, 7) is 2.46. The van der Waals surface area contributed by atoms with Crippen LogP contribution in [0.1, 0.15) is 43.0 Å². The van der Waals surface area contributed by atoms with Crippen molar-refractivity contribution < 1.29 is 13.2 Å². The summed E-state index contributed by atoms with van der Waals surface area (Å²) in [6, 6.07) is 9.00. The lowest BCUT2D eigenvalue weighted by Crippen LogP contribution is -2.31. The van der Waals surface area contributed by atoms with Crippen LogP contribution in [0.25, 0.3) is 11.0 Å². The Morgan fingerprint density at radius 3 is 2.59 bits per heavy atom. The van der Waals surface area contributed by atoms with Gasteiger partial charge in [-0.3, -0.25) is 0 Å². The molecule has 0 radical (unpaired) electrons. The van der Waals surface area contributed by atoms with Gasteiger partial charge in [0.1, 0.15) is 17.3 Å². The van der Waals surface area contributed by atoms with E-state index in [2.05, 4.69) is 28.3 Å². The van der Waals surface area contributed by atoms with Crippen molar-refractivity contribution in [2.45, 2.75) is 44.9 Å².